The fourth-order valence-corrected chi connectivity index (χ4v) is 6.15. The van der Waals surface area contributed by atoms with E-state index < -0.39 is 6.61 Å². The molecule has 7 rings (SSSR count). The molecular weight excluding hydrogens is 566 g/mol. The van der Waals surface area contributed by atoms with Gasteiger partial charge in [0, 0.05) is 60.3 Å². The summed E-state index contributed by atoms with van der Waals surface area (Å²) in [5, 5.41) is 0.977. The highest BCUT2D eigenvalue weighted by atomic mass is 19.3. The predicted octanol–water partition coefficient (Wildman–Crippen LogP) is 5.71. The molecule has 12 heteroatoms. The monoisotopic (exact) mass is 600 g/mol. The van der Waals surface area contributed by atoms with Gasteiger partial charge in [0.2, 0.25) is 0 Å². The van der Waals surface area contributed by atoms with Gasteiger partial charge in [-0.15, -0.1) is 0 Å². The zero-order valence-corrected chi connectivity index (χ0v) is 24.7. The van der Waals surface area contributed by atoms with Crippen molar-refractivity contribution in [1.29, 1.82) is 0 Å². The first-order valence-electron chi connectivity index (χ1n) is 14.9. The first kappa shape index (κ1) is 28.2. The maximum atomic E-state index is 12.8. The molecule has 2 fully saturated rings. The number of nitrogens with one attached hydrogen (secondary N) is 2. The number of rotatable bonds is 7. The summed E-state index contributed by atoms with van der Waals surface area (Å²) < 4.78 is 35.6. The maximum Gasteiger partial charge on any atom is 0.387 e. The molecule has 5 aromatic rings. The maximum absolute atomic E-state index is 12.8. The Labute approximate surface area is 253 Å². The Morgan fingerprint density at radius 1 is 0.932 bits per heavy atom. The second-order valence-electron chi connectivity index (χ2n) is 11.7. The van der Waals surface area contributed by atoms with Crippen molar-refractivity contribution in [3.05, 3.63) is 66.5 Å². The number of aromatic nitrogens is 6. The van der Waals surface area contributed by atoms with E-state index in [2.05, 4.69) is 54.6 Å². The molecule has 6 heterocycles. The van der Waals surface area contributed by atoms with Crippen LogP contribution in [0.2, 0.25) is 0 Å². The minimum absolute atomic E-state index is 0.117. The van der Waals surface area contributed by atoms with E-state index in [-0.39, 0.29) is 11.2 Å². The molecule has 0 radical (unpaired) electrons. The van der Waals surface area contributed by atoms with Crippen LogP contribution in [0, 0.1) is 6.92 Å². The van der Waals surface area contributed by atoms with E-state index in [9.17, 15) is 8.78 Å². The molecule has 2 aliphatic heterocycles. The molecule has 0 aliphatic carbocycles. The van der Waals surface area contributed by atoms with Crippen LogP contribution >= 0.6 is 0 Å². The molecule has 1 aromatic carbocycles. The number of ether oxygens (including phenoxy) is 2. The third-order valence-corrected chi connectivity index (χ3v) is 8.75. The van der Waals surface area contributed by atoms with Gasteiger partial charge in [-0.2, -0.15) is 8.78 Å². The SMILES string of the molecule is Cc1[nH]c(C2(C)CCN(c3ncnc4[nH]c(-c5ccc(N6CCOCC6)nc5)cc34)CC2)nc1-c1cccc(OC(F)F)c1. The molecule has 0 unspecified atom stereocenters. The average Bonchev–Trinajstić information content (AvgIpc) is 3.66. The lowest BCUT2D eigenvalue weighted by Crippen LogP contribution is -2.42. The standard InChI is InChI=1S/C32H34F2N8O2/c1-20-27(21-4-3-5-23(16-21)44-31(33)34)40-30(38-20)32(2)8-10-42(11-9-32)29-24-17-25(39-28(24)36-19-37-29)22-6-7-26(35-18-22)41-12-14-43-15-13-41/h3-7,16-19,31H,8-15H2,1-2H3,(H,38,40)(H,36,37,39). The van der Waals surface area contributed by atoms with Crippen LogP contribution < -0.4 is 14.5 Å². The molecule has 4 aromatic heterocycles. The van der Waals surface area contributed by atoms with Crippen molar-refractivity contribution in [2.24, 2.45) is 0 Å². The summed E-state index contributed by atoms with van der Waals surface area (Å²) in [6.45, 7) is 6.04. The molecule has 228 valence electrons. The van der Waals surface area contributed by atoms with Crippen molar-refractivity contribution < 1.29 is 18.3 Å². The number of aromatic amines is 2. The van der Waals surface area contributed by atoms with E-state index in [0.29, 0.717) is 0 Å². The quantitative estimate of drug-likeness (QED) is 0.245. The van der Waals surface area contributed by atoms with E-state index in [0.717, 1.165) is 109 Å². The van der Waals surface area contributed by atoms with Crippen LogP contribution in [0.4, 0.5) is 20.4 Å². The fraction of sp³-hybridized carbons (Fsp3) is 0.375. The van der Waals surface area contributed by atoms with Gasteiger partial charge in [0.25, 0.3) is 0 Å². The van der Waals surface area contributed by atoms with E-state index in [1.165, 1.54) is 6.07 Å². The smallest absolute Gasteiger partial charge is 0.387 e. The van der Waals surface area contributed by atoms with Gasteiger partial charge < -0.3 is 29.2 Å². The Morgan fingerprint density at radius 2 is 1.75 bits per heavy atom. The Kier molecular flexibility index (Phi) is 7.37. The zero-order chi connectivity index (χ0) is 30.3. The molecule has 0 saturated carbocycles. The van der Waals surface area contributed by atoms with Gasteiger partial charge in [-0.1, -0.05) is 19.1 Å². The highest BCUT2D eigenvalue weighted by Gasteiger charge is 2.36. The summed E-state index contributed by atoms with van der Waals surface area (Å²) >= 11 is 0. The number of fused-ring (bicyclic) bond motifs is 1. The number of halogens is 2. The summed E-state index contributed by atoms with van der Waals surface area (Å²) in [5.41, 5.74) is 4.93. The number of nitrogens with zero attached hydrogens (tertiary/aromatic N) is 6. The summed E-state index contributed by atoms with van der Waals surface area (Å²) in [4.78, 5) is 30.3. The lowest BCUT2D eigenvalue weighted by Gasteiger charge is -2.38. The zero-order valence-electron chi connectivity index (χ0n) is 24.7. The first-order chi connectivity index (χ1) is 21.4. The van der Waals surface area contributed by atoms with Crippen LogP contribution in [0.3, 0.4) is 0 Å². The Hall–Kier alpha value is -4.58. The second-order valence-corrected chi connectivity index (χ2v) is 11.7. The number of piperidine rings is 1. The molecule has 0 amide bonds. The minimum atomic E-state index is -2.87. The average molecular weight is 601 g/mol. The molecule has 2 N–H and O–H groups in total. The van der Waals surface area contributed by atoms with Gasteiger partial charge >= 0.3 is 6.61 Å². The molecule has 44 heavy (non-hydrogen) atoms. The lowest BCUT2D eigenvalue weighted by atomic mass is 9.79. The number of aryl methyl sites for hydroxylation is 1. The van der Waals surface area contributed by atoms with Gasteiger partial charge in [0.1, 0.15) is 35.2 Å². The number of anilines is 2. The van der Waals surface area contributed by atoms with Crippen molar-refractivity contribution >= 4 is 22.7 Å². The molecule has 2 saturated heterocycles. The summed E-state index contributed by atoms with van der Waals surface area (Å²) in [6.07, 6.45) is 5.24. The van der Waals surface area contributed by atoms with Crippen molar-refractivity contribution in [2.45, 2.75) is 38.7 Å². The Morgan fingerprint density at radius 3 is 2.50 bits per heavy atom. The molecule has 0 spiro atoms. The van der Waals surface area contributed by atoms with Gasteiger partial charge in [0.15, 0.2) is 0 Å². The summed E-state index contributed by atoms with van der Waals surface area (Å²) in [5.74, 6) is 2.88. The summed E-state index contributed by atoms with van der Waals surface area (Å²) in [6, 6.07) is 12.9. The number of morpholine rings is 1. The van der Waals surface area contributed by atoms with Crippen LogP contribution in [-0.4, -0.2) is 75.9 Å². The molecule has 0 atom stereocenters. The second kappa shape index (κ2) is 11.5. The van der Waals surface area contributed by atoms with Crippen molar-refractivity contribution in [2.75, 3.05) is 49.2 Å². The van der Waals surface area contributed by atoms with Crippen molar-refractivity contribution in [3.63, 3.8) is 0 Å². The van der Waals surface area contributed by atoms with Gasteiger partial charge in [-0.3, -0.25) is 0 Å². The van der Waals surface area contributed by atoms with E-state index in [4.69, 9.17) is 19.7 Å². The highest BCUT2D eigenvalue weighted by Crippen LogP contribution is 2.38. The van der Waals surface area contributed by atoms with Crippen molar-refractivity contribution in [1.82, 2.24) is 29.9 Å². The van der Waals surface area contributed by atoms with E-state index >= 15 is 0 Å². The minimum Gasteiger partial charge on any atom is -0.435 e. The first-order valence-corrected chi connectivity index (χ1v) is 14.9. The normalized spacial score (nSPS) is 17.0. The molecule has 10 nitrogen and oxygen atoms in total. The van der Waals surface area contributed by atoms with Crippen LogP contribution in [0.5, 0.6) is 5.75 Å². The van der Waals surface area contributed by atoms with Crippen molar-refractivity contribution in [3.8, 4) is 28.3 Å². The number of alkyl halides is 2. The number of hydrogen-bond acceptors (Lipinski definition) is 8. The third-order valence-electron chi connectivity index (χ3n) is 8.75. The van der Waals surface area contributed by atoms with E-state index in [1.807, 2.05) is 19.2 Å². The van der Waals surface area contributed by atoms with Gasteiger partial charge in [0.05, 0.1) is 24.3 Å². The highest BCUT2D eigenvalue weighted by molar-refractivity contribution is 5.92. The number of benzene rings is 1. The predicted molar refractivity (Wildman–Crippen MR) is 164 cm³/mol. The number of H-pyrrole nitrogens is 2. The molecule has 2 aliphatic rings. The molecule has 0 bridgehead atoms. The molecular formula is C32H34F2N8O2. The number of imidazole rings is 1. The number of hydrogen-bond donors (Lipinski definition) is 2. The summed E-state index contributed by atoms with van der Waals surface area (Å²) in [7, 11) is 0. The fourth-order valence-electron chi connectivity index (χ4n) is 6.15. The Bertz CT molecular complexity index is 1760. The number of pyridine rings is 1. The van der Waals surface area contributed by atoms with Gasteiger partial charge in [-0.25, -0.2) is 19.9 Å². The topological polar surface area (TPSA) is 108 Å². The Balaban J connectivity index is 1.08. The van der Waals surface area contributed by atoms with Crippen LogP contribution in [-0.2, 0) is 10.2 Å². The van der Waals surface area contributed by atoms with Gasteiger partial charge in [-0.05, 0) is 50.1 Å². The van der Waals surface area contributed by atoms with E-state index in [1.54, 1.807) is 18.5 Å². The largest absolute Gasteiger partial charge is 0.435 e. The van der Waals surface area contributed by atoms with Crippen LogP contribution in [0.25, 0.3) is 33.5 Å². The van der Waals surface area contributed by atoms with Crippen LogP contribution in [0.1, 0.15) is 31.3 Å². The lowest BCUT2D eigenvalue weighted by molar-refractivity contribution is -0.0498. The third kappa shape index (κ3) is 5.45. The van der Waals surface area contributed by atoms with Crippen LogP contribution in [0.15, 0.2) is 55.0 Å².